The Morgan fingerprint density at radius 1 is 1.10 bits per heavy atom. The van der Waals surface area contributed by atoms with E-state index in [1.807, 2.05) is 30.3 Å². The monoisotopic (exact) mass is 444 g/mol. The number of rotatable bonds is 6. The summed E-state index contributed by atoms with van der Waals surface area (Å²) in [5.41, 5.74) is 7.54. The van der Waals surface area contributed by atoms with Crippen molar-refractivity contribution < 1.29 is 8.78 Å². The van der Waals surface area contributed by atoms with Gasteiger partial charge in [-0.3, -0.25) is 4.98 Å². The van der Waals surface area contributed by atoms with Crippen LogP contribution in [-0.4, -0.2) is 16.6 Å². The van der Waals surface area contributed by atoms with Gasteiger partial charge in [0.2, 0.25) is 0 Å². The van der Waals surface area contributed by atoms with Crippen molar-refractivity contribution in [2.75, 3.05) is 11.6 Å². The lowest BCUT2D eigenvalue weighted by Gasteiger charge is -2.37. The highest BCUT2D eigenvalue weighted by atomic mass is 35.5. The van der Waals surface area contributed by atoms with E-state index in [2.05, 4.69) is 4.98 Å². The van der Waals surface area contributed by atoms with Gasteiger partial charge in [0, 0.05) is 18.0 Å². The highest BCUT2D eigenvalue weighted by molar-refractivity contribution is 8.15. The minimum Gasteiger partial charge on any atom is -0.330 e. The third kappa shape index (κ3) is 3.80. The van der Waals surface area contributed by atoms with E-state index in [0.29, 0.717) is 35.1 Å². The van der Waals surface area contributed by atoms with Gasteiger partial charge in [-0.1, -0.05) is 53.7 Å². The largest absolute Gasteiger partial charge is 0.330 e. The predicted octanol–water partition coefficient (Wildman–Crippen LogP) is 5.52. The Labute approximate surface area is 182 Å². The van der Waals surface area contributed by atoms with Crippen molar-refractivity contribution in [3.8, 4) is 0 Å². The molecule has 8 heteroatoms. The molecule has 154 valence electrons. The van der Waals surface area contributed by atoms with Crippen molar-refractivity contribution in [3.63, 3.8) is 0 Å². The maximum atomic E-state index is 14.6. The van der Waals surface area contributed by atoms with E-state index in [9.17, 15) is 8.78 Å². The zero-order valence-electron chi connectivity index (χ0n) is 15.9. The lowest BCUT2D eigenvalue weighted by Crippen LogP contribution is -2.38. The number of hydrogen-bond donors (Lipinski definition) is 1. The molecule has 4 rings (SSSR count). The highest BCUT2D eigenvalue weighted by Gasteiger charge is 2.47. The zero-order chi connectivity index (χ0) is 21.1. The van der Waals surface area contributed by atoms with E-state index in [4.69, 9.17) is 22.4 Å². The smallest absolute Gasteiger partial charge is 0.139 e. The summed E-state index contributed by atoms with van der Waals surface area (Å²) in [5.74, 6) is -1.06. The van der Waals surface area contributed by atoms with Crippen LogP contribution in [0.15, 0.2) is 72.1 Å². The van der Waals surface area contributed by atoms with Gasteiger partial charge >= 0.3 is 0 Å². The van der Waals surface area contributed by atoms with Crippen LogP contribution in [0.5, 0.6) is 0 Å². The summed E-state index contributed by atoms with van der Waals surface area (Å²) < 4.78 is 28.5. The van der Waals surface area contributed by atoms with Crippen molar-refractivity contribution in [1.82, 2.24) is 4.98 Å². The topological polar surface area (TPSA) is 54.5 Å². The van der Waals surface area contributed by atoms with E-state index in [1.54, 1.807) is 17.3 Å². The minimum atomic E-state index is -0.723. The van der Waals surface area contributed by atoms with Crippen LogP contribution in [0.4, 0.5) is 14.5 Å². The Kier molecular flexibility index (Phi) is 6.04. The molecule has 0 bridgehead atoms. The molecule has 0 fully saturated rings. The second kappa shape index (κ2) is 8.71. The van der Waals surface area contributed by atoms with Crippen molar-refractivity contribution in [2.24, 2.45) is 10.8 Å². The van der Waals surface area contributed by atoms with Crippen LogP contribution < -0.4 is 10.7 Å². The number of anilines is 1. The van der Waals surface area contributed by atoms with E-state index < -0.39 is 16.5 Å². The van der Waals surface area contributed by atoms with E-state index in [0.717, 1.165) is 23.8 Å². The summed E-state index contributed by atoms with van der Waals surface area (Å²) in [7, 11) is 0. The van der Waals surface area contributed by atoms with Crippen LogP contribution in [0.3, 0.4) is 0 Å². The van der Waals surface area contributed by atoms with Crippen LogP contribution >= 0.6 is 23.4 Å². The van der Waals surface area contributed by atoms with Crippen LogP contribution in [0, 0.1) is 11.6 Å². The number of hydrogen-bond acceptors (Lipinski definition) is 5. The number of hydrazone groups is 1. The maximum absolute atomic E-state index is 14.6. The van der Waals surface area contributed by atoms with Gasteiger partial charge < -0.3 is 5.73 Å². The lowest BCUT2D eigenvalue weighted by atomic mass is 10.00. The van der Waals surface area contributed by atoms with E-state index in [1.165, 1.54) is 18.0 Å². The Morgan fingerprint density at radius 2 is 1.90 bits per heavy atom. The van der Waals surface area contributed by atoms with Crippen molar-refractivity contribution in [2.45, 2.75) is 17.7 Å². The molecule has 30 heavy (non-hydrogen) atoms. The fourth-order valence-corrected chi connectivity index (χ4v) is 5.11. The molecule has 0 saturated carbocycles. The molecule has 1 aromatic heterocycles. The predicted molar refractivity (Wildman–Crippen MR) is 119 cm³/mol. The summed E-state index contributed by atoms with van der Waals surface area (Å²) in [4.78, 5) is 3.34. The average Bonchev–Trinajstić information content (AvgIpc) is 3.15. The third-order valence-electron chi connectivity index (χ3n) is 4.88. The highest BCUT2D eigenvalue weighted by Crippen LogP contribution is 2.53. The summed E-state index contributed by atoms with van der Waals surface area (Å²) in [5, 5.41) is 7.30. The first-order valence-electron chi connectivity index (χ1n) is 9.43. The van der Waals surface area contributed by atoms with E-state index in [-0.39, 0.29) is 5.56 Å². The second-order valence-electron chi connectivity index (χ2n) is 6.81. The van der Waals surface area contributed by atoms with Crippen molar-refractivity contribution >= 4 is 34.1 Å². The summed E-state index contributed by atoms with van der Waals surface area (Å²) in [6.45, 7) is 0.483. The van der Waals surface area contributed by atoms with Gasteiger partial charge in [0.1, 0.15) is 21.5 Å². The molecular weight excluding hydrogens is 426 g/mol. The molecule has 0 amide bonds. The first-order valence-corrected chi connectivity index (χ1v) is 10.6. The number of aromatic nitrogens is 1. The van der Waals surface area contributed by atoms with Gasteiger partial charge in [0.05, 0.1) is 10.7 Å². The first kappa shape index (κ1) is 20.8. The summed E-state index contributed by atoms with van der Waals surface area (Å²) >= 11 is 7.84. The van der Waals surface area contributed by atoms with E-state index >= 15 is 0 Å². The average molecular weight is 445 g/mol. The molecule has 3 aromatic rings. The second-order valence-corrected chi connectivity index (χ2v) is 8.49. The quantitative estimate of drug-likeness (QED) is 0.544. The van der Waals surface area contributed by atoms with Gasteiger partial charge in [-0.2, -0.15) is 5.10 Å². The molecule has 1 aliphatic rings. The maximum Gasteiger partial charge on any atom is 0.139 e. The molecule has 2 heterocycles. The SMILES string of the molecule is NCCCC1(c2ccccc2)SC(c2cc(F)ccc2F)=NN1c1ccncc1Cl. The Hall–Kier alpha value is -2.48. The Morgan fingerprint density at radius 3 is 2.63 bits per heavy atom. The van der Waals surface area contributed by atoms with Gasteiger partial charge in [-0.25, -0.2) is 13.8 Å². The van der Waals surface area contributed by atoms with Gasteiger partial charge in [-0.15, -0.1) is 0 Å². The number of pyridine rings is 1. The number of halogens is 3. The normalized spacial score (nSPS) is 18.5. The van der Waals surface area contributed by atoms with Gasteiger partial charge in [-0.05, 0) is 49.2 Å². The molecule has 2 N–H and O–H groups in total. The molecule has 0 radical (unpaired) electrons. The number of nitrogens with two attached hydrogens (primary N) is 1. The standard InChI is InChI=1S/C22H19ClF2N4S/c23-18-14-27-12-9-20(18)29-22(10-4-11-26,15-5-2-1-3-6-15)30-21(28-29)17-13-16(24)7-8-19(17)25/h1-3,5-9,12-14H,4,10-11,26H2. The van der Waals surface area contributed by atoms with Crippen LogP contribution in [0.25, 0.3) is 0 Å². The number of nitrogens with zero attached hydrogens (tertiary/aromatic N) is 3. The van der Waals surface area contributed by atoms with Crippen molar-refractivity contribution in [3.05, 3.63) is 94.8 Å². The van der Waals surface area contributed by atoms with Crippen LogP contribution in [-0.2, 0) is 4.87 Å². The Balaban J connectivity index is 1.92. The summed E-state index contributed by atoms with van der Waals surface area (Å²) in [6.07, 6.45) is 4.49. The molecular formula is C22H19ClF2N4S. The third-order valence-corrected chi connectivity index (χ3v) is 6.62. The molecule has 4 nitrogen and oxygen atoms in total. The molecule has 0 saturated heterocycles. The first-order chi connectivity index (χ1) is 14.5. The lowest BCUT2D eigenvalue weighted by molar-refractivity contribution is 0.527. The summed E-state index contributed by atoms with van der Waals surface area (Å²) in [6, 6.07) is 14.9. The number of thioether (sulfide) groups is 1. The molecule has 1 aliphatic heterocycles. The molecule has 2 aromatic carbocycles. The number of benzene rings is 2. The molecule has 0 spiro atoms. The molecule has 0 aliphatic carbocycles. The minimum absolute atomic E-state index is 0.112. The molecule has 1 atom stereocenters. The zero-order valence-corrected chi connectivity index (χ0v) is 17.5. The van der Waals surface area contributed by atoms with Gasteiger partial charge in [0.25, 0.3) is 0 Å². The van der Waals surface area contributed by atoms with Crippen LogP contribution in [0.2, 0.25) is 5.02 Å². The van der Waals surface area contributed by atoms with Crippen molar-refractivity contribution in [1.29, 1.82) is 0 Å². The molecule has 1 unspecified atom stereocenters. The fraction of sp³-hybridized carbons (Fsp3) is 0.182. The van der Waals surface area contributed by atoms with Crippen LogP contribution in [0.1, 0.15) is 24.0 Å². The van der Waals surface area contributed by atoms with Gasteiger partial charge in [0.15, 0.2) is 0 Å². The fourth-order valence-electron chi connectivity index (χ4n) is 3.48. The Bertz CT molecular complexity index is 1080.